The average Bonchev–Trinajstić information content (AvgIpc) is 2.77. The number of hydrogen-bond donors (Lipinski definition) is 1. The number of rotatable bonds is 5. The second-order valence-electron chi connectivity index (χ2n) is 3.93. The maximum absolute atomic E-state index is 10.9. The van der Waals surface area contributed by atoms with Crippen molar-refractivity contribution in [2.24, 2.45) is 7.05 Å². The monoisotopic (exact) mass is 373 g/mol. The SMILES string of the molecule is Cn1cnc(CCNc2ccc(I)cc2[N+](=O)[O-])n1. The normalized spacial score (nSPS) is 10.4. The first-order valence-corrected chi connectivity index (χ1v) is 6.66. The van der Waals surface area contributed by atoms with Crippen LogP contribution in [0.5, 0.6) is 0 Å². The van der Waals surface area contributed by atoms with E-state index in [0.29, 0.717) is 24.5 Å². The van der Waals surface area contributed by atoms with Crippen molar-refractivity contribution in [1.82, 2.24) is 14.8 Å². The molecule has 0 saturated carbocycles. The first-order valence-electron chi connectivity index (χ1n) is 5.58. The zero-order valence-electron chi connectivity index (χ0n) is 10.2. The lowest BCUT2D eigenvalue weighted by molar-refractivity contribution is -0.384. The molecule has 1 heterocycles. The van der Waals surface area contributed by atoms with E-state index in [9.17, 15) is 10.1 Å². The van der Waals surface area contributed by atoms with Crippen LogP contribution in [0, 0.1) is 13.7 Å². The van der Waals surface area contributed by atoms with Gasteiger partial charge >= 0.3 is 0 Å². The Balaban J connectivity index is 2.01. The molecular weight excluding hydrogens is 361 g/mol. The summed E-state index contributed by atoms with van der Waals surface area (Å²) in [5.41, 5.74) is 0.599. The Hall–Kier alpha value is -1.71. The molecule has 7 nitrogen and oxygen atoms in total. The number of nitro benzene ring substituents is 1. The van der Waals surface area contributed by atoms with E-state index in [4.69, 9.17) is 0 Å². The van der Waals surface area contributed by atoms with Crippen LogP contribution in [0.25, 0.3) is 0 Å². The smallest absolute Gasteiger partial charge is 0.293 e. The number of benzene rings is 1. The van der Waals surface area contributed by atoms with Crippen LogP contribution in [-0.2, 0) is 13.5 Å². The Morgan fingerprint density at radius 2 is 2.32 bits per heavy atom. The maximum atomic E-state index is 10.9. The number of nitrogens with zero attached hydrogens (tertiary/aromatic N) is 4. The van der Waals surface area contributed by atoms with Crippen molar-refractivity contribution >= 4 is 34.0 Å². The van der Waals surface area contributed by atoms with Crippen LogP contribution in [0.2, 0.25) is 0 Å². The molecule has 1 aromatic carbocycles. The Morgan fingerprint density at radius 3 is 2.95 bits per heavy atom. The minimum Gasteiger partial charge on any atom is -0.379 e. The van der Waals surface area contributed by atoms with Crippen molar-refractivity contribution in [2.75, 3.05) is 11.9 Å². The van der Waals surface area contributed by atoms with Crippen LogP contribution in [0.15, 0.2) is 24.5 Å². The van der Waals surface area contributed by atoms with Gasteiger partial charge in [-0.3, -0.25) is 14.8 Å². The van der Waals surface area contributed by atoms with Crippen molar-refractivity contribution in [2.45, 2.75) is 6.42 Å². The number of nitrogens with one attached hydrogen (secondary N) is 1. The molecule has 8 heteroatoms. The van der Waals surface area contributed by atoms with E-state index in [2.05, 4.69) is 38.0 Å². The molecular formula is C11H12IN5O2. The predicted molar refractivity (Wildman–Crippen MR) is 79.0 cm³/mol. The van der Waals surface area contributed by atoms with Gasteiger partial charge in [0.15, 0.2) is 5.82 Å². The van der Waals surface area contributed by atoms with Crippen LogP contribution in [-0.4, -0.2) is 26.2 Å². The third-order valence-electron chi connectivity index (χ3n) is 2.47. The molecule has 2 rings (SSSR count). The Kier molecular flexibility index (Phi) is 4.30. The molecule has 100 valence electrons. The van der Waals surface area contributed by atoms with Crippen molar-refractivity contribution in [1.29, 1.82) is 0 Å². The van der Waals surface area contributed by atoms with Gasteiger partial charge in [-0.05, 0) is 34.7 Å². The average molecular weight is 373 g/mol. The first-order chi connectivity index (χ1) is 9.06. The molecule has 0 saturated heterocycles. The van der Waals surface area contributed by atoms with Gasteiger partial charge in [-0.1, -0.05) is 0 Å². The third kappa shape index (κ3) is 3.63. The molecule has 0 radical (unpaired) electrons. The summed E-state index contributed by atoms with van der Waals surface area (Å²) in [6.45, 7) is 0.547. The maximum Gasteiger partial charge on any atom is 0.293 e. The molecule has 0 bridgehead atoms. The lowest BCUT2D eigenvalue weighted by Crippen LogP contribution is -2.08. The molecule has 0 spiro atoms. The van der Waals surface area contributed by atoms with Gasteiger partial charge in [0.2, 0.25) is 0 Å². The molecule has 0 amide bonds. The number of hydrogen-bond acceptors (Lipinski definition) is 5. The lowest BCUT2D eigenvalue weighted by Gasteiger charge is -2.06. The van der Waals surface area contributed by atoms with Crippen molar-refractivity contribution in [3.63, 3.8) is 0 Å². The fourth-order valence-electron chi connectivity index (χ4n) is 1.61. The summed E-state index contributed by atoms with van der Waals surface area (Å²) in [6, 6.07) is 5.09. The number of aromatic nitrogens is 3. The Morgan fingerprint density at radius 1 is 1.53 bits per heavy atom. The van der Waals surface area contributed by atoms with Crippen molar-refractivity contribution in [3.05, 3.63) is 44.0 Å². The molecule has 19 heavy (non-hydrogen) atoms. The molecule has 0 fully saturated rings. The summed E-state index contributed by atoms with van der Waals surface area (Å²) >= 11 is 2.05. The van der Waals surface area contributed by atoms with Crippen LogP contribution in [0.4, 0.5) is 11.4 Å². The largest absolute Gasteiger partial charge is 0.379 e. The number of aryl methyl sites for hydroxylation is 1. The molecule has 2 aromatic rings. The fraction of sp³-hybridized carbons (Fsp3) is 0.273. The van der Waals surface area contributed by atoms with Gasteiger partial charge < -0.3 is 5.32 Å². The van der Waals surface area contributed by atoms with Crippen LogP contribution < -0.4 is 5.32 Å². The summed E-state index contributed by atoms with van der Waals surface area (Å²) in [7, 11) is 1.80. The Bertz CT molecular complexity index is 599. The molecule has 0 aliphatic rings. The van der Waals surface area contributed by atoms with Crippen LogP contribution in [0.3, 0.4) is 0 Å². The molecule has 0 atom stereocenters. The topological polar surface area (TPSA) is 85.9 Å². The van der Waals surface area contributed by atoms with Gasteiger partial charge in [-0.15, -0.1) is 0 Å². The zero-order valence-corrected chi connectivity index (χ0v) is 12.4. The molecule has 0 aliphatic carbocycles. The second kappa shape index (κ2) is 5.95. The minimum atomic E-state index is -0.385. The summed E-state index contributed by atoms with van der Waals surface area (Å²) in [4.78, 5) is 14.7. The van der Waals surface area contributed by atoms with Gasteiger partial charge in [0.25, 0.3) is 5.69 Å². The van der Waals surface area contributed by atoms with E-state index in [0.717, 1.165) is 3.57 Å². The van der Waals surface area contributed by atoms with Crippen LogP contribution in [0.1, 0.15) is 5.82 Å². The lowest BCUT2D eigenvalue weighted by atomic mass is 10.2. The van der Waals surface area contributed by atoms with E-state index in [1.165, 1.54) is 0 Å². The van der Waals surface area contributed by atoms with E-state index < -0.39 is 0 Å². The van der Waals surface area contributed by atoms with Crippen LogP contribution >= 0.6 is 22.6 Å². The highest BCUT2D eigenvalue weighted by molar-refractivity contribution is 14.1. The quantitative estimate of drug-likeness (QED) is 0.492. The second-order valence-corrected chi connectivity index (χ2v) is 5.18. The zero-order chi connectivity index (χ0) is 13.8. The highest BCUT2D eigenvalue weighted by Crippen LogP contribution is 2.26. The molecule has 0 unspecified atom stereocenters. The fourth-order valence-corrected chi connectivity index (χ4v) is 2.09. The number of anilines is 1. The van der Waals surface area contributed by atoms with Gasteiger partial charge in [0.05, 0.1) is 4.92 Å². The van der Waals surface area contributed by atoms with Gasteiger partial charge in [-0.2, -0.15) is 5.10 Å². The van der Waals surface area contributed by atoms with E-state index in [1.807, 2.05) is 6.07 Å². The van der Waals surface area contributed by atoms with Crippen molar-refractivity contribution < 1.29 is 4.92 Å². The van der Waals surface area contributed by atoms with Gasteiger partial charge in [-0.25, -0.2) is 4.98 Å². The first kappa shape index (κ1) is 13.7. The molecule has 1 N–H and O–H groups in total. The highest BCUT2D eigenvalue weighted by Gasteiger charge is 2.13. The third-order valence-corrected chi connectivity index (χ3v) is 3.14. The summed E-state index contributed by atoms with van der Waals surface area (Å²) < 4.78 is 2.46. The molecule has 1 aromatic heterocycles. The standard InChI is InChI=1S/C11H12IN5O2/c1-16-7-14-11(15-16)4-5-13-9-3-2-8(12)6-10(9)17(18)19/h2-3,6-7,13H,4-5H2,1H3. The summed E-state index contributed by atoms with van der Waals surface area (Å²) in [6.07, 6.45) is 2.24. The number of nitro groups is 1. The van der Waals surface area contributed by atoms with E-state index in [-0.39, 0.29) is 10.6 Å². The highest BCUT2D eigenvalue weighted by atomic mass is 127. The molecule has 0 aliphatic heterocycles. The van der Waals surface area contributed by atoms with E-state index >= 15 is 0 Å². The predicted octanol–water partition coefficient (Wildman–Crippen LogP) is 1.98. The minimum absolute atomic E-state index is 0.0841. The van der Waals surface area contributed by atoms with Gasteiger partial charge in [0.1, 0.15) is 12.0 Å². The summed E-state index contributed by atoms with van der Waals surface area (Å²) in [5, 5.41) is 18.1. The Labute approximate surface area is 123 Å². The van der Waals surface area contributed by atoms with Gasteiger partial charge in [0, 0.05) is 29.6 Å². The van der Waals surface area contributed by atoms with Crippen molar-refractivity contribution in [3.8, 4) is 0 Å². The summed E-state index contributed by atoms with van der Waals surface area (Å²) in [5.74, 6) is 0.711. The number of halogens is 1. The van der Waals surface area contributed by atoms with E-state index in [1.54, 1.807) is 30.2 Å².